The van der Waals surface area contributed by atoms with Gasteiger partial charge in [-0.3, -0.25) is 9.69 Å². The molecule has 0 amide bonds. The van der Waals surface area contributed by atoms with Crippen LogP contribution in [-0.2, 0) is 11.3 Å². The van der Waals surface area contributed by atoms with Crippen molar-refractivity contribution in [2.24, 2.45) is 0 Å². The van der Waals surface area contributed by atoms with E-state index >= 15 is 0 Å². The molecule has 2 N–H and O–H groups in total. The highest BCUT2D eigenvalue weighted by atomic mass is 32.1. The number of rotatable bonds is 6. The fourth-order valence-corrected chi connectivity index (χ4v) is 3.63. The minimum Gasteiger partial charge on any atom is -0.379 e. The van der Waals surface area contributed by atoms with Gasteiger partial charge in [-0.15, -0.1) is 0 Å². The third-order valence-electron chi connectivity index (χ3n) is 5.03. The minimum absolute atomic E-state index is 0.0473. The van der Waals surface area contributed by atoms with Crippen LogP contribution in [0, 0.1) is 6.92 Å². The lowest BCUT2D eigenvalue weighted by Gasteiger charge is -2.29. The number of benzene rings is 1. The maximum atomic E-state index is 12.6. The van der Waals surface area contributed by atoms with Gasteiger partial charge in [0.05, 0.1) is 25.3 Å². The SMILES string of the molecule is CNC(=S)N(CCCN1CCOCC1)Cc1cc2cccc(C)c2[nH]c1=O. The van der Waals surface area contributed by atoms with Crippen molar-refractivity contribution in [2.75, 3.05) is 46.4 Å². The Bertz CT molecular complexity index is 845. The van der Waals surface area contributed by atoms with E-state index < -0.39 is 0 Å². The number of aromatic amines is 1. The summed E-state index contributed by atoms with van der Waals surface area (Å²) in [5, 5.41) is 4.77. The van der Waals surface area contributed by atoms with Gasteiger partial charge in [0, 0.05) is 38.8 Å². The van der Waals surface area contributed by atoms with Crippen LogP contribution in [0.2, 0.25) is 0 Å². The van der Waals surface area contributed by atoms with E-state index in [0.717, 1.165) is 67.8 Å². The third-order valence-corrected chi connectivity index (χ3v) is 5.50. The summed E-state index contributed by atoms with van der Waals surface area (Å²) >= 11 is 5.47. The second-order valence-electron chi connectivity index (χ2n) is 6.95. The van der Waals surface area contributed by atoms with E-state index in [2.05, 4.69) is 20.1 Å². The highest BCUT2D eigenvalue weighted by Gasteiger charge is 2.15. The number of fused-ring (bicyclic) bond motifs is 1. The number of aryl methyl sites for hydroxylation is 1. The van der Waals surface area contributed by atoms with Crippen LogP contribution in [-0.4, -0.2) is 66.3 Å². The topological polar surface area (TPSA) is 60.6 Å². The predicted molar refractivity (Wildman–Crippen MR) is 113 cm³/mol. The Morgan fingerprint density at radius 1 is 1.37 bits per heavy atom. The average molecular weight is 389 g/mol. The first-order chi connectivity index (χ1) is 13.1. The van der Waals surface area contributed by atoms with Gasteiger partial charge < -0.3 is 19.9 Å². The molecular formula is C20H28N4O2S. The Morgan fingerprint density at radius 3 is 2.89 bits per heavy atom. The number of ether oxygens (including phenoxy) is 1. The number of hydrogen-bond acceptors (Lipinski definition) is 4. The number of hydrogen-bond donors (Lipinski definition) is 2. The van der Waals surface area contributed by atoms with Crippen molar-refractivity contribution in [1.82, 2.24) is 20.1 Å². The summed E-state index contributed by atoms with van der Waals surface area (Å²) in [7, 11) is 1.82. The second-order valence-corrected chi connectivity index (χ2v) is 7.33. The molecule has 0 atom stereocenters. The first kappa shape index (κ1) is 19.8. The summed E-state index contributed by atoms with van der Waals surface area (Å²) in [6, 6.07) is 8.03. The molecule has 0 spiro atoms. The Morgan fingerprint density at radius 2 is 2.15 bits per heavy atom. The summed E-state index contributed by atoms with van der Waals surface area (Å²) in [6.45, 7) is 7.92. The van der Waals surface area contributed by atoms with Crippen LogP contribution in [0.1, 0.15) is 17.5 Å². The van der Waals surface area contributed by atoms with E-state index in [0.29, 0.717) is 11.7 Å². The monoisotopic (exact) mass is 388 g/mol. The molecule has 1 aliphatic rings. The molecular weight excluding hydrogens is 360 g/mol. The summed E-state index contributed by atoms with van der Waals surface area (Å²) in [4.78, 5) is 20.1. The molecule has 0 unspecified atom stereocenters. The van der Waals surface area contributed by atoms with Gasteiger partial charge in [0.1, 0.15) is 0 Å². The van der Waals surface area contributed by atoms with Crippen LogP contribution in [0.5, 0.6) is 0 Å². The third kappa shape index (κ3) is 5.06. The lowest BCUT2D eigenvalue weighted by atomic mass is 10.1. The van der Waals surface area contributed by atoms with Gasteiger partial charge in [0.2, 0.25) is 0 Å². The van der Waals surface area contributed by atoms with Crippen molar-refractivity contribution < 1.29 is 4.74 Å². The molecule has 7 heteroatoms. The number of thiocarbonyl (C=S) groups is 1. The van der Waals surface area contributed by atoms with Crippen LogP contribution in [0.15, 0.2) is 29.1 Å². The molecule has 3 rings (SSSR count). The fourth-order valence-electron chi connectivity index (χ4n) is 3.47. The Labute approximate surface area is 165 Å². The number of aromatic nitrogens is 1. The molecule has 0 aliphatic carbocycles. The zero-order valence-corrected chi connectivity index (χ0v) is 16.9. The normalized spacial score (nSPS) is 15.0. The average Bonchev–Trinajstić information content (AvgIpc) is 2.68. The zero-order chi connectivity index (χ0) is 19.2. The number of nitrogens with zero attached hydrogens (tertiary/aromatic N) is 2. The lowest BCUT2D eigenvalue weighted by Crippen LogP contribution is -2.41. The number of morpholine rings is 1. The Hall–Kier alpha value is -1.96. The molecule has 27 heavy (non-hydrogen) atoms. The molecule has 146 valence electrons. The van der Waals surface area contributed by atoms with Crippen LogP contribution in [0.25, 0.3) is 10.9 Å². The molecule has 0 bridgehead atoms. The van der Waals surface area contributed by atoms with E-state index in [-0.39, 0.29) is 5.56 Å². The largest absolute Gasteiger partial charge is 0.379 e. The highest BCUT2D eigenvalue weighted by molar-refractivity contribution is 7.80. The van der Waals surface area contributed by atoms with Crippen molar-refractivity contribution in [3.05, 3.63) is 45.7 Å². The van der Waals surface area contributed by atoms with Crippen molar-refractivity contribution >= 4 is 28.2 Å². The quantitative estimate of drug-likeness (QED) is 0.737. The zero-order valence-electron chi connectivity index (χ0n) is 16.1. The summed E-state index contributed by atoms with van der Waals surface area (Å²) in [6.07, 6.45) is 0.992. The standard InChI is InChI=1S/C20H28N4O2S/c1-15-5-3-6-16-13-17(19(25)22-18(15)16)14-24(20(27)21-2)8-4-7-23-9-11-26-12-10-23/h3,5-6,13H,4,7-12,14H2,1-2H3,(H,21,27)(H,22,25). The lowest BCUT2D eigenvalue weighted by molar-refractivity contribution is 0.0367. The number of para-hydroxylation sites is 1. The van der Waals surface area contributed by atoms with Gasteiger partial charge in [-0.2, -0.15) is 0 Å². The smallest absolute Gasteiger partial charge is 0.253 e. The molecule has 1 aromatic carbocycles. The first-order valence-corrected chi connectivity index (χ1v) is 9.87. The molecule has 0 radical (unpaired) electrons. The Balaban J connectivity index is 1.70. The number of nitrogens with one attached hydrogen (secondary N) is 2. The number of H-pyrrole nitrogens is 1. The molecule has 1 aromatic heterocycles. The molecule has 1 fully saturated rings. The van der Waals surface area contributed by atoms with Gasteiger partial charge in [-0.1, -0.05) is 18.2 Å². The van der Waals surface area contributed by atoms with Gasteiger partial charge in [0.25, 0.3) is 5.56 Å². The van der Waals surface area contributed by atoms with E-state index in [9.17, 15) is 4.79 Å². The molecule has 1 saturated heterocycles. The van der Waals surface area contributed by atoms with E-state index in [1.54, 1.807) is 0 Å². The van der Waals surface area contributed by atoms with Crippen molar-refractivity contribution in [3.8, 4) is 0 Å². The molecule has 0 saturated carbocycles. The number of pyridine rings is 1. The molecule has 1 aliphatic heterocycles. The van der Waals surface area contributed by atoms with Crippen molar-refractivity contribution in [3.63, 3.8) is 0 Å². The maximum Gasteiger partial charge on any atom is 0.253 e. The van der Waals surface area contributed by atoms with Crippen LogP contribution in [0.4, 0.5) is 0 Å². The molecule has 6 nitrogen and oxygen atoms in total. The van der Waals surface area contributed by atoms with Crippen LogP contribution >= 0.6 is 12.2 Å². The summed E-state index contributed by atoms with van der Waals surface area (Å²) < 4.78 is 5.40. The summed E-state index contributed by atoms with van der Waals surface area (Å²) in [5.41, 5.74) is 2.66. The predicted octanol–water partition coefficient (Wildman–Crippen LogP) is 1.87. The molecule has 2 aromatic rings. The fraction of sp³-hybridized carbons (Fsp3) is 0.500. The van der Waals surface area contributed by atoms with Crippen LogP contribution in [0.3, 0.4) is 0 Å². The van der Waals surface area contributed by atoms with Gasteiger partial charge >= 0.3 is 0 Å². The van der Waals surface area contributed by atoms with Gasteiger partial charge in [-0.25, -0.2) is 0 Å². The van der Waals surface area contributed by atoms with Crippen LogP contribution < -0.4 is 10.9 Å². The van der Waals surface area contributed by atoms with E-state index in [1.807, 2.05) is 38.2 Å². The van der Waals surface area contributed by atoms with Gasteiger partial charge in [0.15, 0.2) is 5.11 Å². The first-order valence-electron chi connectivity index (χ1n) is 9.47. The Kier molecular flexibility index (Phi) is 6.82. The second kappa shape index (κ2) is 9.30. The molecule has 2 heterocycles. The van der Waals surface area contributed by atoms with E-state index in [4.69, 9.17) is 17.0 Å². The van der Waals surface area contributed by atoms with E-state index in [1.165, 1.54) is 0 Å². The van der Waals surface area contributed by atoms with Crippen molar-refractivity contribution in [1.29, 1.82) is 0 Å². The summed E-state index contributed by atoms with van der Waals surface area (Å²) in [5.74, 6) is 0. The maximum absolute atomic E-state index is 12.6. The van der Waals surface area contributed by atoms with Crippen molar-refractivity contribution in [2.45, 2.75) is 19.9 Å². The van der Waals surface area contributed by atoms with Gasteiger partial charge in [-0.05, 0) is 42.6 Å². The minimum atomic E-state index is -0.0473. The highest BCUT2D eigenvalue weighted by Crippen LogP contribution is 2.16.